The Morgan fingerprint density at radius 1 is 1.36 bits per heavy atom. The van der Waals surface area contributed by atoms with Gasteiger partial charge in [0.15, 0.2) is 0 Å². The van der Waals surface area contributed by atoms with Crippen LogP contribution in [0.2, 0.25) is 0 Å². The zero-order chi connectivity index (χ0) is 18.4. The standard InChI is InChI=1S/C18H26N6O/c1-5-24(9-14(8-19)11-25)10-16(13(2)3)23(4)18-15-6-7-20-17(15)21-12-22-18/h6-7,11-14,16H,5,9-10H2,1-4H3,(H,20,21,22)/t14?,16-/m0/s1. The van der Waals surface area contributed by atoms with Crippen molar-refractivity contribution in [3.05, 3.63) is 18.6 Å². The van der Waals surface area contributed by atoms with E-state index in [0.29, 0.717) is 12.5 Å². The predicted molar refractivity (Wildman–Crippen MR) is 98.2 cm³/mol. The molecule has 0 spiro atoms. The van der Waals surface area contributed by atoms with Gasteiger partial charge in [0, 0.05) is 32.4 Å². The topological polar surface area (TPSA) is 88.9 Å². The highest BCUT2D eigenvalue weighted by atomic mass is 16.1. The first-order valence-electron chi connectivity index (χ1n) is 8.59. The van der Waals surface area contributed by atoms with Crippen molar-refractivity contribution in [2.24, 2.45) is 11.8 Å². The summed E-state index contributed by atoms with van der Waals surface area (Å²) >= 11 is 0. The Hall–Kier alpha value is -2.46. The lowest BCUT2D eigenvalue weighted by Crippen LogP contribution is -2.47. The fourth-order valence-corrected chi connectivity index (χ4v) is 3.07. The van der Waals surface area contributed by atoms with Crippen LogP contribution in [0.3, 0.4) is 0 Å². The summed E-state index contributed by atoms with van der Waals surface area (Å²) in [7, 11) is 2.04. The Morgan fingerprint density at radius 3 is 2.72 bits per heavy atom. The van der Waals surface area contributed by atoms with Crippen molar-refractivity contribution in [1.29, 1.82) is 5.26 Å². The van der Waals surface area contributed by atoms with E-state index < -0.39 is 5.92 Å². The summed E-state index contributed by atoms with van der Waals surface area (Å²) in [5, 5.41) is 10.0. The lowest BCUT2D eigenvalue weighted by atomic mass is 10.0. The molecule has 1 N–H and O–H groups in total. The third-order valence-corrected chi connectivity index (χ3v) is 4.61. The van der Waals surface area contributed by atoms with Crippen LogP contribution in [0.15, 0.2) is 18.6 Å². The first kappa shape index (κ1) is 18.9. The van der Waals surface area contributed by atoms with Gasteiger partial charge in [-0.1, -0.05) is 20.8 Å². The molecule has 2 rings (SSSR count). The molecule has 0 aliphatic heterocycles. The van der Waals surface area contributed by atoms with Crippen molar-refractivity contribution in [2.45, 2.75) is 26.8 Å². The fourth-order valence-electron chi connectivity index (χ4n) is 3.07. The number of fused-ring (bicyclic) bond motifs is 1. The smallest absolute Gasteiger partial charge is 0.142 e. The number of nitrogens with one attached hydrogen (secondary N) is 1. The second kappa shape index (κ2) is 8.58. The van der Waals surface area contributed by atoms with Crippen LogP contribution < -0.4 is 4.90 Å². The third-order valence-electron chi connectivity index (χ3n) is 4.61. The minimum Gasteiger partial charge on any atom is -0.354 e. The van der Waals surface area contributed by atoms with Gasteiger partial charge in [0.25, 0.3) is 0 Å². The third kappa shape index (κ3) is 4.34. The maximum absolute atomic E-state index is 11.0. The van der Waals surface area contributed by atoms with Gasteiger partial charge in [0.05, 0.1) is 11.5 Å². The van der Waals surface area contributed by atoms with Crippen LogP contribution in [-0.2, 0) is 4.79 Å². The number of aromatic amines is 1. The van der Waals surface area contributed by atoms with Gasteiger partial charge >= 0.3 is 0 Å². The summed E-state index contributed by atoms with van der Waals surface area (Å²) in [6, 6.07) is 4.23. The summed E-state index contributed by atoms with van der Waals surface area (Å²) in [4.78, 5) is 27.2. The number of hydrogen-bond donors (Lipinski definition) is 1. The number of hydrogen-bond acceptors (Lipinski definition) is 6. The van der Waals surface area contributed by atoms with Gasteiger partial charge in [-0.05, 0) is 18.5 Å². The van der Waals surface area contributed by atoms with Crippen molar-refractivity contribution in [2.75, 3.05) is 31.6 Å². The molecule has 2 heterocycles. The molecular formula is C18H26N6O. The largest absolute Gasteiger partial charge is 0.354 e. The van der Waals surface area contributed by atoms with Crippen LogP contribution >= 0.6 is 0 Å². The average molecular weight is 342 g/mol. The number of aromatic nitrogens is 3. The lowest BCUT2D eigenvalue weighted by Gasteiger charge is -2.36. The molecule has 2 aromatic heterocycles. The molecule has 25 heavy (non-hydrogen) atoms. The minimum absolute atomic E-state index is 0.193. The van der Waals surface area contributed by atoms with Gasteiger partial charge in [-0.2, -0.15) is 5.26 Å². The van der Waals surface area contributed by atoms with Gasteiger partial charge < -0.3 is 14.7 Å². The Bertz CT molecular complexity index is 734. The number of H-pyrrole nitrogens is 1. The molecule has 0 aliphatic carbocycles. The van der Waals surface area contributed by atoms with Crippen LogP contribution in [0, 0.1) is 23.2 Å². The lowest BCUT2D eigenvalue weighted by molar-refractivity contribution is -0.110. The molecule has 0 radical (unpaired) electrons. The van der Waals surface area contributed by atoms with Crippen LogP contribution in [-0.4, -0.2) is 58.9 Å². The quantitative estimate of drug-likeness (QED) is 0.702. The minimum atomic E-state index is -0.589. The van der Waals surface area contributed by atoms with Crippen LogP contribution in [0.1, 0.15) is 20.8 Å². The van der Waals surface area contributed by atoms with Gasteiger partial charge in [-0.25, -0.2) is 9.97 Å². The number of nitrogens with zero attached hydrogens (tertiary/aromatic N) is 5. The fraction of sp³-hybridized carbons (Fsp3) is 0.556. The number of carbonyl (C=O) groups excluding carboxylic acids is 1. The Labute approximate surface area is 148 Å². The zero-order valence-corrected chi connectivity index (χ0v) is 15.3. The van der Waals surface area contributed by atoms with Crippen molar-refractivity contribution in [3.8, 4) is 6.07 Å². The molecule has 0 bridgehead atoms. The molecule has 0 amide bonds. The van der Waals surface area contributed by atoms with Crippen LogP contribution in [0.4, 0.5) is 5.82 Å². The number of nitriles is 1. The van der Waals surface area contributed by atoms with E-state index in [9.17, 15) is 4.79 Å². The molecular weight excluding hydrogens is 316 g/mol. The molecule has 1 unspecified atom stereocenters. The number of carbonyl (C=O) groups is 1. The van der Waals surface area contributed by atoms with Crippen LogP contribution in [0.5, 0.6) is 0 Å². The summed E-state index contributed by atoms with van der Waals surface area (Å²) in [6.07, 6.45) is 4.16. The van der Waals surface area contributed by atoms with Crippen molar-refractivity contribution >= 4 is 23.1 Å². The maximum Gasteiger partial charge on any atom is 0.142 e. The van der Waals surface area contributed by atoms with Crippen LogP contribution in [0.25, 0.3) is 11.0 Å². The van der Waals surface area contributed by atoms with E-state index in [1.807, 2.05) is 26.2 Å². The molecule has 0 fully saturated rings. The highest BCUT2D eigenvalue weighted by Gasteiger charge is 2.25. The molecule has 2 aromatic rings. The molecule has 7 heteroatoms. The highest BCUT2D eigenvalue weighted by molar-refractivity contribution is 5.87. The Balaban J connectivity index is 2.23. The monoisotopic (exact) mass is 342 g/mol. The van der Waals surface area contributed by atoms with Gasteiger partial charge in [-0.15, -0.1) is 0 Å². The second-order valence-corrected chi connectivity index (χ2v) is 6.58. The van der Waals surface area contributed by atoms with E-state index in [0.717, 1.165) is 36.2 Å². The molecule has 134 valence electrons. The van der Waals surface area contributed by atoms with E-state index >= 15 is 0 Å². The summed E-state index contributed by atoms with van der Waals surface area (Å²) < 4.78 is 0. The first-order valence-corrected chi connectivity index (χ1v) is 8.59. The molecule has 0 saturated carbocycles. The van der Waals surface area contributed by atoms with E-state index in [4.69, 9.17) is 5.26 Å². The van der Waals surface area contributed by atoms with E-state index in [1.54, 1.807) is 6.33 Å². The van der Waals surface area contributed by atoms with Crippen molar-refractivity contribution in [1.82, 2.24) is 19.9 Å². The van der Waals surface area contributed by atoms with E-state index in [-0.39, 0.29) is 6.04 Å². The average Bonchev–Trinajstić information content (AvgIpc) is 3.10. The first-order chi connectivity index (χ1) is 12.0. The summed E-state index contributed by atoms with van der Waals surface area (Å²) in [5.41, 5.74) is 0.817. The van der Waals surface area contributed by atoms with E-state index in [1.165, 1.54) is 0 Å². The number of aldehydes is 1. The predicted octanol–water partition coefficient (Wildman–Crippen LogP) is 2.08. The molecule has 7 nitrogen and oxygen atoms in total. The van der Waals surface area contributed by atoms with Crippen molar-refractivity contribution in [3.63, 3.8) is 0 Å². The van der Waals surface area contributed by atoms with E-state index in [2.05, 4.69) is 44.7 Å². The second-order valence-electron chi connectivity index (χ2n) is 6.58. The number of likely N-dealkylation sites (N-methyl/N-ethyl adjacent to an activating group) is 2. The summed E-state index contributed by atoms with van der Waals surface area (Å²) in [6.45, 7) is 8.39. The normalized spacial score (nSPS) is 13.8. The Morgan fingerprint density at radius 2 is 2.12 bits per heavy atom. The SMILES string of the molecule is CCN(CC(C#N)C=O)C[C@@H](C(C)C)N(C)c1ncnc2[nH]ccc12. The maximum atomic E-state index is 11.0. The summed E-state index contributed by atoms with van der Waals surface area (Å²) in [5.74, 6) is 0.668. The zero-order valence-electron chi connectivity index (χ0n) is 15.3. The molecule has 0 aromatic carbocycles. The number of rotatable bonds is 9. The van der Waals surface area contributed by atoms with Gasteiger partial charge in [0.1, 0.15) is 30.0 Å². The van der Waals surface area contributed by atoms with Crippen molar-refractivity contribution < 1.29 is 4.79 Å². The molecule has 2 atom stereocenters. The van der Waals surface area contributed by atoms with Gasteiger partial charge in [-0.3, -0.25) is 4.90 Å². The van der Waals surface area contributed by atoms with Gasteiger partial charge in [0.2, 0.25) is 0 Å². The molecule has 0 aliphatic rings. The number of anilines is 1. The molecule has 0 saturated heterocycles. The Kier molecular flexibility index (Phi) is 6.48. The highest BCUT2D eigenvalue weighted by Crippen LogP contribution is 2.25.